The topological polar surface area (TPSA) is 100 Å². The first-order chi connectivity index (χ1) is 12.1. The lowest BCUT2D eigenvalue weighted by molar-refractivity contribution is -0.150. The van der Waals surface area contributed by atoms with Crippen LogP contribution in [-0.2, 0) is 39.8 Å². The molecule has 1 N–H and O–H groups in total. The molecule has 1 aromatic carbocycles. The quantitative estimate of drug-likeness (QED) is 0.708. The molecule has 1 atom stereocenters. The zero-order valence-corrected chi connectivity index (χ0v) is 13.7. The molecule has 0 aliphatic carbocycles. The van der Waals surface area contributed by atoms with Crippen LogP contribution in [0.2, 0.25) is 0 Å². The van der Waals surface area contributed by atoms with Crippen LogP contribution in [0, 0.1) is 0 Å². The van der Waals surface area contributed by atoms with Crippen molar-refractivity contribution >= 4 is 17.8 Å². The van der Waals surface area contributed by atoms with Crippen molar-refractivity contribution in [1.82, 2.24) is 5.32 Å². The summed E-state index contributed by atoms with van der Waals surface area (Å²) in [4.78, 5) is 35.5. The molecule has 0 radical (unpaired) electrons. The van der Waals surface area contributed by atoms with Gasteiger partial charge in [0.25, 0.3) is 5.91 Å². The highest BCUT2D eigenvalue weighted by molar-refractivity contribution is 5.90. The van der Waals surface area contributed by atoms with Gasteiger partial charge in [0, 0.05) is 6.42 Å². The van der Waals surface area contributed by atoms with E-state index in [1.54, 1.807) is 0 Å². The second-order valence-electron chi connectivity index (χ2n) is 5.11. The zero-order chi connectivity index (χ0) is 18.1. The van der Waals surface area contributed by atoms with Crippen molar-refractivity contribution < 1.29 is 33.3 Å². The van der Waals surface area contributed by atoms with Gasteiger partial charge in [-0.3, -0.25) is 4.79 Å². The highest BCUT2D eigenvalue weighted by Gasteiger charge is 2.23. The molecular formula is C17H19NO7. The Morgan fingerprint density at radius 3 is 2.60 bits per heavy atom. The Morgan fingerprint density at radius 1 is 1.20 bits per heavy atom. The largest absolute Gasteiger partial charge is 0.493 e. The van der Waals surface area contributed by atoms with Gasteiger partial charge in [0.15, 0.2) is 6.61 Å². The summed E-state index contributed by atoms with van der Waals surface area (Å²) in [5, 5.41) is 2.49. The molecule has 1 amide bonds. The van der Waals surface area contributed by atoms with Gasteiger partial charge in [0.05, 0.1) is 7.11 Å². The standard InChI is InChI=1S/C17H19NO7/c1-22-16(20)13(9-12-5-3-2-4-6-12)18-15(19)11-25-17(21)14-10-23-7-8-24-14/h2-6,10,13H,7-9,11H2,1H3,(H,18,19)/t13-/m1/s1. The summed E-state index contributed by atoms with van der Waals surface area (Å²) in [5.74, 6) is -2.13. The Labute approximate surface area is 144 Å². The van der Waals surface area contributed by atoms with Gasteiger partial charge in [-0.25, -0.2) is 9.59 Å². The van der Waals surface area contributed by atoms with Crippen molar-refractivity contribution in [3.8, 4) is 0 Å². The molecule has 8 heteroatoms. The average molecular weight is 349 g/mol. The van der Waals surface area contributed by atoms with E-state index in [4.69, 9.17) is 18.9 Å². The van der Waals surface area contributed by atoms with Crippen molar-refractivity contribution in [2.45, 2.75) is 12.5 Å². The summed E-state index contributed by atoms with van der Waals surface area (Å²) in [7, 11) is 1.24. The van der Waals surface area contributed by atoms with Crippen molar-refractivity contribution in [3.63, 3.8) is 0 Å². The monoisotopic (exact) mass is 349 g/mol. The number of methoxy groups -OCH3 is 1. The van der Waals surface area contributed by atoms with Gasteiger partial charge < -0.3 is 24.3 Å². The van der Waals surface area contributed by atoms with Crippen LogP contribution >= 0.6 is 0 Å². The Kier molecular flexibility index (Phi) is 6.82. The minimum absolute atomic E-state index is 0.104. The van der Waals surface area contributed by atoms with Crippen LogP contribution in [0.25, 0.3) is 0 Å². The molecule has 0 saturated heterocycles. The summed E-state index contributed by atoms with van der Waals surface area (Å²) >= 11 is 0. The fourth-order valence-electron chi connectivity index (χ4n) is 2.10. The molecule has 0 bridgehead atoms. The summed E-state index contributed by atoms with van der Waals surface area (Å²) < 4.78 is 19.5. The third kappa shape index (κ3) is 5.83. The van der Waals surface area contributed by atoms with Crippen LogP contribution < -0.4 is 5.32 Å². The van der Waals surface area contributed by atoms with Crippen LogP contribution in [0.5, 0.6) is 0 Å². The van der Waals surface area contributed by atoms with E-state index >= 15 is 0 Å². The van der Waals surface area contributed by atoms with E-state index in [0.717, 1.165) is 11.8 Å². The maximum absolute atomic E-state index is 12.0. The van der Waals surface area contributed by atoms with E-state index in [0.29, 0.717) is 6.61 Å². The van der Waals surface area contributed by atoms with Crippen molar-refractivity contribution in [2.75, 3.05) is 26.9 Å². The maximum Gasteiger partial charge on any atom is 0.377 e. The summed E-state index contributed by atoms with van der Waals surface area (Å²) in [6.45, 7) is 0.0218. The number of hydrogen-bond donors (Lipinski definition) is 1. The predicted molar refractivity (Wildman–Crippen MR) is 85.0 cm³/mol. The number of carbonyl (C=O) groups is 3. The van der Waals surface area contributed by atoms with Crippen molar-refractivity contribution in [1.29, 1.82) is 0 Å². The van der Waals surface area contributed by atoms with Crippen molar-refractivity contribution in [3.05, 3.63) is 47.9 Å². The molecule has 2 rings (SSSR count). The molecule has 1 heterocycles. The first-order valence-corrected chi connectivity index (χ1v) is 7.63. The predicted octanol–water partition coefficient (Wildman–Crippen LogP) is 0.318. The fourth-order valence-corrected chi connectivity index (χ4v) is 2.10. The Balaban J connectivity index is 1.87. The van der Waals surface area contributed by atoms with Gasteiger partial charge in [0.1, 0.15) is 25.5 Å². The Bertz CT molecular complexity index is 642. The zero-order valence-electron chi connectivity index (χ0n) is 13.7. The highest BCUT2D eigenvalue weighted by Crippen LogP contribution is 2.07. The summed E-state index contributed by atoms with van der Waals surface area (Å²) in [5.41, 5.74) is 0.855. The van der Waals surface area contributed by atoms with Gasteiger partial charge in [-0.15, -0.1) is 0 Å². The van der Waals surface area contributed by atoms with Gasteiger partial charge in [-0.1, -0.05) is 30.3 Å². The normalized spacial score (nSPS) is 14.2. The van der Waals surface area contributed by atoms with Crippen LogP contribution in [-0.4, -0.2) is 50.8 Å². The van der Waals surface area contributed by atoms with E-state index in [-0.39, 0.29) is 18.8 Å². The minimum Gasteiger partial charge on any atom is -0.493 e. The van der Waals surface area contributed by atoms with Crippen LogP contribution in [0.3, 0.4) is 0 Å². The smallest absolute Gasteiger partial charge is 0.377 e. The van der Waals surface area contributed by atoms with Crippen molar-refractivity contribution in [2.24, 2.45) is 0 Å². The number of nitrogens with one attached hydrogen (secondary N) is 1. The van der Waals surface area contributed by atoms with Gasteiger partial charge >= 0.3 is 11.9 Å². The molecule has 0 fully saturated rings. The lowest BCUT2D eigenvalue weighted by atomic mass is 10.1. The highest BCUT2D eigenvalue weighted by atomic mass is 16.6. The first kappa shape index (κ1) is 18.3. The molecule has 25 heavy (non-hydrogen) atoms. The number of hydrogen-bond acceptors (Lipinski definition) is 7. The fraction of sp³-hybridized carbons (Fsp3) is 0.353. The maximum atomic E-state index is 12.0. The molecule has 134 valence electrons. The number of rotatable bonds is 7. The molecule has 0 spiro atoms. The minimum atomic E-state index is -0.882. The van der Waals surface area contributed by atoms with Crippen LogP contribution in [0.1, 0.15) is 5.56 Å². The number of carbonyl (C=O) groups excluding carboxylic acids is 3. The number of ether oxygens (including phenoxy) is 4. The van der Waals surface area contributed by atoms with Gasteiger partial charge in [-0.2, -0.15) is 0 Å². The molecule has 0 unspecified atom stereocenters. The average Bonchev–Trinajstić information content (AvgIpc) is 2.66. The third-order valence-corrected chi connectivity index (χ3v) is 3.29. The SMILES string of the molecule is COC(=O)[C@@H](Cc1ccccc1)NC(=O)COC(=O)C1=COCCO1. The van der Waals surface area contributed by atoms with Gasteiger partial charge in [-0.05, 0) is 5.56 Å². The number of benzene rings is 1. The van der Waals surface area contributed by atoms with E-state index in [2.05, 4.69) is 5.32 Å². The van der Waals surface area contributed by atoms with Gasteiger partial charge in [0.2, 0.25) is 5.76 Å². The molecule has 1 aliphatic heterocycles. The number of amides is 1. The van der Waals surface area contributed by atoms with E-state index in [9.17, 15) is 14.4 Å². The van der Waals surface area contributed by atoms with E-state index < -0.39 is 30.5 Å². The lowest BCUT2D eigenvalue weighted by Crippen LogP contribution is -2.44. The first-order valence-electron chi connectivity index (χ1n) is 7.63. The van der Waals surface area contributed by atoms with E-state index in [1.807, 2.05) is 30.3 Å². The lowest BCUT2D eigenvalue weighted by Gasteiger charge is -2.17. The molecule has 8 nitrogen and oxygen atoms in total. The molecule has 1 aliphatic rings. The van der Waals surface area contributed by atoms with E-state index in [1.165, 1.54) is 7.11 Å². The van der Waals surface area contributed by atoms with Crippen LogP contribution in [0.15, 0.2) is 42.4 Å². The number of esters is 2. The van der Waals surface area contributed by atoms with Crippen LogP contribution in [0.4, 0.5) is 0 Å². The summed E-state index contributed by atoms with van der Waals surface area (Å²) in [6, 6.07) is 8.28. The Morgan fingerprint density at radius 2 is 1.96 bits per heavy atom. The second kappa shape index (κ2) is 9.31. The second-order valence-corrected chi connectivity index (χ2v) is 5.11. The third-order valence-electron chi connectivity index (χ3n) is 3.29. The molecule has 1 aromatic rings. The summed E-state index contributed by atoms with van der Waals surface area (Å²) in [6.07, 6.45) is 1.39. The molecule has 0 saturated carbocycles. The molecular weight excluding hydrogens is 330 g/mol. The molecule has 0 aromatic heterocycles. The Hall–Kier alpha value is -3.03.